The van der Waals surface area contributed by atoms with Gasteiger partial charge in [0.2, 0.25) is 5.91 Å². The average molecular weight is 309 g/mol. The summed E-state index contributed by atoms with van der Waals surface area (Å²) in [5.74, 6) is 0.278. The maximum atomic E-state index is 12.1. The third-order valence-electron chi connectivity index (χ3n) is 4.14. The van der Waals surface area contributed by atoms with Crippen molar-refractivity contribution in [2.75, 3.05) is 25.0 Å². The number of anilines is 1. The fourth-order valence-corrected chi connectivity index (χ4v) is 3.41. The van der Waals surface area contributed by atoms with Crippen LogP contribution in [0.25, 0.3) is 0 Å². The Labute approximate surface area is 127 Å². The summed E-state index contributed by atoms with van der Waals surface area (Å²) in [4.78, 5) is 27.9. The van der Waals surface area contributed by atoms with E-state index in [4.69, 9.17) is 0 Å². The predicted molar refractivity (Wildman–Crippen MR) is 79.1 cm³/mol. The standard InChI is InChI=1S/C13H19N5O2S/c19-12-3-1-2-6-18(12)10-4-7-17(8-5-10)13(20)15-11-9-14-16-21-11/h9-10H,1-8H2,(H,15,20). The highest BCUT2D eigenvalue weighted by Gasteiger charge is 2.30. The Morgan fingerprint density at radius 1 is 1.29 bits per heavy atom. The first-order valence-corrected chi connectivity index (χ1v) is 8.14. The van der Waals surface area contributed by atoms with Gasteiger partial charge < -0.3 is 9.80 Å². The number of carbonyl (C=O) groups excluding carboxylic acids is 2. The van der Waals surface area contributed by atoms with Gasteiger partial charge in [0.25, 0.3) is 0 Å². The Bertz CT molecular complexity index is 499. The van der Waals surface area contributed by atoms with Crippen molar-refractivity contribution < 1.29 is 9.59 Å². The van der Waals surface area contributed by atoms with E-state index in [1.54, 1.807) is 11.1 Å². The van der Waals surface area contributed by atoms with Crippen LogP contribution in [0, 0.1) is 0 Å². The molecule has 21 heavy (non-hydrogen) atoms. The minimum absolute atomic E-state index is 0.107. The smallest absolute Gasteiger partial charge is 0.322 e. The zero-order valence-electron chi connectivity index (χ0n) is 11.8. The molecule has 7 nitrogen and oxygen atoms in total. The number of urea groups is 1. The van der Waals surface area contributed by atoms with Gasteiger partial charge in [-0.2, -0.15) is 0 Å². The maximum Gasteiger partial charge on any atom is 0.322 e. The molecular formula is C13H19N5O2S. The molecular weight excluding hydrogens is 290 g/mol. The molecule has 3 amide bonds. The van der Waals surface area contributed by atoms with Crippen LogP contribution in [0.3, 0.4) is 0 Å². The van der Waals surface area contributed by atoms with Crippen LogP contribution in [0.4, 0.5) is 9.80 Å². The topological polar surface area (TPSA) is 78.4 Å². The number of nitrogens with one attached hydrogen (secondary N) is 1. The molecule has 0 radical (unpaired) electrons. The van der Waals surface area contributed by atoms with Gasteiger partial charge in [-0.15, -0.1) is 5.10 Å². The van der Waals surface area contributed by atoms with E-state index >= 15 is 0 Å². The zero-order chi connectivity index (χ0) is 14.7. The Morgan fingerprint density at radius 3 is 2.76 bits per heavy atom. The molecule has 1 aromatic rings. The summed E-state index contributed by atoms with van der Waals surface area (Å²) < 4.78 is 3.72. The lowest BCUT2D eigenvalue weighted by atomic mass is 10.00. The molecule has 3 rings (SSSR count). The van der Waals surface area contributed by atoms with E-state index in [1.807, 2.05) is 4.90 Å². The molecule has 0 saturated carbocycles. The molecule has 1 N–H and O–H groups in total. The Hall–Kier alpha value is -1.70. The Kier molecular flexibility index (Phi) is 4.33. The van der Waals surface area contributed by atoms with Crippen molar-refractivity contribution in [1.29, 1.82) is 0 Å². The molecule has 3 heterocycles. The van der Waals surface area contributed by atoms with E-state index in [0.717, 1.165) is 32.2 Å². The zero-order valence-corrected chi connectivity index (χ0v) is 12.6. The lowest BCUT2D eigenvalue weighted by Gasteiger charge is -2.40. The molecule has 2 fully saturated rings. The summed E-state index contributed by atoms with van der Waals surface area (Å²) in [7, 11) is 0. The lowest BCUT2D eigenvalue weighted by Crippen LogP contribution is -2.50. The number of rotatable bonds is 2. The predicted octanol–water partition coefficient (Wildman–Crippen LogP) is 1.55. The van der Waals surface area contributed by atoms with Crippen molar-refractivity contribution in [3.63, 3.8) is 0 Å². The number of hydrogen-bond acceptors (Lipinski definition) is 5. The van der Waals surface area contributed by atoms with Crippen LogP contribution < -0.4 is 5.32 Å². The second kappa shape index (κ2) is 6.38. The summed E-state index contributed by atoms with van der Waals surface area (Å²) >= 11 is 1.17. The summed E-state index contributed by atoms with van der Waals surface area (Å²) in [6, 6.07) is 0.191. The van der Waals surface area contributed by atoms with E-state index in [-0.39, 0.29) is 11.9 Å². The van der Waals surface area contributed by atoms with Crippen molar-refractivity contribution >= 4 is 28.5 Å². The first kappa shape index (κ1) is 14.2. The Balaban J connectivity index is 1.50. The summed E-state index contributed by atoms with van der Waals surface area (Å²) in [5.41, 5.74) is 0. The van der Waals surface area contributed by atoms with Gasteiger partial charge >= 0.3 is 6.03 Å². The van der Waals surface area contributed by atoms with Crippen molar-refractivity contribution in [3.05, 3.63) is 6.20 Å². The minimum Gasteiger partial charge on any atom is -0.340 e. The molecule has 114 valence electrons. The van der Waals surface area contributed by atoms with E-state index in [0.29, 0.717) is 30.6 Å². The summed E-state index contributed by atoms with van der Waals surface area (Å²) in [6.45, 7) is 2.25. The highest BCUT2D eigenvalue weighted by atomic mass is 32.1. The molecule has 0 unspecified atom stereocenters. The van der Waals surface area contributed by atoms with Gasteiger partial charge in [-0.1, -0.05) is 4.49 Å². The number of nitrogens with zero attached hydrogens (tertiary/aromatic N) is 4. The molecule has 0 bridgehead atoms. The molecule has 8 heteroatoms. The van der Waals surface area contributed by atoms with Gasteiger partial charge in [0, 0.05) is 43.6 Å². The third-order valence-corrected chi connectivity index (χ3v) is 4.72. The molecule has 2 aliphatic heterocycles. The van der Waals surface area contributed by atoms with Gasteiger partial charge in [0.05, 0.1) is 6.20 Å². The maximum absolute atomic E-state index is 12.1. The van der Waals surface area contributed by atoms with Crippen LogP contribution in [0.1, 0.15) is 32.1 Å². The number of piperidine rings is 2. The van der Waals surface area contributed by atoms with Crippen LogP contribution in [0.2, 0.25) is 0 Å². The van der Waals surface area contributed by atoms with Crippen molar-refractivity contribution in [1.82, 2.24) is 19.4 Å². The number of amides is 3. The van der Waals surface area contributed by atoms with Crippen LogP contribution in [-0.4, -0.2) is 57.0 Å². The van der Waals surface area contributed by atoms with E-state index in [2.05, 4.69) is 14.9 Å². The second-order valence-electron chi connectivity index (χ2n) is 5.47. The lowest BCUT2D eigenvalue weighted by molar-refractivity contribution is -0.136. The van der Waals surface area contributed by atoms with E-state index in [1.165, 1.54) is 11.5 Å². The fourth-order valence-electron chi connectivity index (χ4n) is 3.00. The van der Waals surface area contributed by atoms with Crippen LogP contribution in [0.15, 0.2) is 6.20 Å². The highest BCUT2D eigenvalue weighted by molar-refractivity contribution is 7.10. The van der Waals surface area contributed by atoms with Crippen molar-refractivity contribution in [2.45, 2.75) is 38.1 Å². The first-order valence-electron chi connectivity index (χ1n) is 7.37. The largest absolute Gasteiger partial charge is 0.340 e. The van der Waals surface area contributed by atoms with Crippen LogP contribution in [0.5, 0.6) is 0 Å². The van der Waals surface area contributed by atoms with Crippen molar-refractivity contribution in [2.24, 2.45) is 0 Å². The van der Waals surface area contributed by atoms with Crippen molar-refractivity contribution in [3.8, 4) is 0 Å². The molecule has 0 atom stereocenters. The SMILES string of the molecule is O=C(Nc1cnns1)N1CCC(N2CCCCC2=O)CC1. The third kappa shape index (κ3) is 3.31. The highest BCUT2D eigenvalue weighted by Crippen LogP contribution is 2.22. The summed E-state index contributed by atoms with van der Waals surface area (Å²) in [5, 5.41) is 7.15. The van der Waals surface area contributed by atoms with Gasteiger partial charge in [-0.25, -0.2) is 4.79 Å². The normalized spacial score (nSPS) is 20.7. The first-order chi connectivity index (χ1) is 10.2. The number of hydrogen-bond donors (Lipinski definition) is 1. The van der Waals surface area contributed by atoms with Gasteiger partial charge in [0.1, 0.15) is 5.00 Å². The molecule has 1 aromatic heterocycles. The van der Waals surface area contributed by atoms with E-state index in [9.17, 15) is 9.59 Å². The van der Waals surface area contributed by atoms with E-state index < -0.39 is 0 Å². The molecule has 0 aliphatic carbocycles. The Morgan fingerprint density at radius 2 is 2.10 bits per heavy atom. The average Bonchev–Trinajstić information content (AvgIpc) is 3.01. The minimum atomic E-state index is -0.107. The molecule has 0 spiro atoms. The quantitative estimate of drug-likeness (QED) is 0.899. The number of carbonyl (C=O) groups is 2. The van der Waals surface area contributed by atoms with Crippen LogP contribution in [-0.2, 0) is 4.79 Å². The fraction of sp³-hybridized carbons (Fsp3) is 0.692. The molecule has 0 aromatic carbocycles. The van der Waals surface area contributed by atoms with Gasteiger partial charge in [-0.3, -0.25) is 10.1 Å². The second-order valence-corrected chi connectivity index (χ2v) is 6.26. The van der Waals surface area contributed by atoms with Gasteiger partial charge in [0.15, 0.2) is 0 Å². The van der Waals surface area contributed by atoms with Gasteiger partial charge in [-0.05, 0) is 25.7 Å². The number of likely N-dealkylation sites (tertiary alicyclic amines) is 2. The van der Waals surface area contributed by atoms with Crippen LogP contribution >= 0.6 is 11.5 Å². The monoisotopic (exact) mass is 309 g/mol. The molecule has 2 saturated heterocycles. The molecule has 2 aliphatic rings. The summed E-state index contributed by atoms with van der Waals surface area (Å²) in [6.07, 6.45) is 6.06. The number of aromatic nitrogens is 2.